The van der Waals surface area contributed by atoms with Crippen LogP contribution in [0.5, 0.6) is 0 Å². The minimum absolute atomic E-state index is 0.139. The molecule has 0 unspecified atom stereocenters. The molecule has 2 aromatic carbocycles. The Labute approximate surface area is 242 Å². The first-order chi connectivity index (χ1) is 19.3. The van der Waals surface area contributed by atoms with Crippen LogP contribution in [-0.4, -0.2) is 53.6 Å². The Morgan fingerprint density at radius 2 is 1.55 bits per heavy atom. The van der Waals surface area contributed by atoms with Gasteiger partial charge in [-0.05, 0) is 81.0 Å². The van der Waals surface area contributed by atoms with Gasteiger partial charge < -0.3 is 14.5 Å². The number of benzene rings is 2. The van der Waals surface area contributed by atoms with Crippen LogP contribution in [0.15, 0.2) is 42.5 Å². The smallest absolute Gasteiger partial charge is 0.410 e. The van der Waals surface area contributed by atoms with E-state index in [2.05, 4.69) is 47.4 Å². The normalized spacial score (nSPS) is 17.2. The van der Waals surface area contributed by atoms with Gasteiger partial charge in [-0.2, -0.15) is 0 Å². The van der Waals surface area contributed by atoms with Crippen molar-refractivity contribution in [1.29, 1.82) is 0 Å². The van der Waals surface area contributed by atoms with Gasteiger partial charge in [0, 0.05) is 26.2 Å². The Morgan fingerprint density at radius 1 is 0.850 bits per heavy atom. The van der Waals surface area contributed by atoms with Crippen LogP contribution in [0.25, 0.3) is 10.8 Å². The maximum Gasteiger partial charge on any atom is 0.410 e. The third kappa shape index (κ3) is 9.52. The predicted octanol–water partition coefficient (Wildman–Crippen LogP) is 8.39. The highest BCUT2D eigenvalue weighted by atomic mass is 16.6. The topological polar surface area (TPSA) is 49.9 Å². The number of fused-ring (bicyclic) bond motifs is 1. The number of carbonyl (C=O) groups is 2. The van der Waals surface area contributed by atoms with Crippen molar-refractivity contribution < 1.29 is 14.3 Å². The van der Waals surface area contributed by atoms with E-state index in [1.165, 1.54) is 62.1 Å². The van der Waals surface area contributed by atoms with Crippen molar-refractivity contribution in [2.24, 2.45) is 11.8 Å². The van der Waals surface area contributed by atoms with E-state index >= 15 is 0 Å². The van der Waals surface area contributed by atoms with E-state index < -0.39 is 5.60 Å². The van der Waals surface area contributed by atoms with Gasteiger partial charge in [-0.15, -0.1) is 0 Å². The molecule has 5 nitrogen and oxygen atoms in total. The van der Waals surface area contributed by atoms with Crippen molar-refractivity contribution >= 4 is 22.8 Å². The van der Waals surface area contributed by atoms with Crippen LogP contribution in [0.2, 0.25) is 0 Å². The van der Waals surface area contributed by atoms with Gasteiger partial charge in [0.2, 0.25) is 5.91 Å². The number of unbranched alkanes of at least 4 members (excludes halogenated alkanes) is 3. The summed E-state index contributed by atoms with van der Waals surface area (Å²) in [5.41, 5.74) is 0.687. The fraction of sp³-hybridized carbons (Fsp3) is 0.657. The SMILES string of the molecule is CC(C)(C)OC(=O)N(CCCCCCC1CCN(C(=O)Cc2cccc3ccccc23)CC1)CC1CCCCC1. The summed E-state index contributed by atoms with van der Waals surface area (Å²) in [6, 6.07) is 14.6. The van der Waals surface area contributed by atoms with E-state index in [-0.39, 0.29) is 12.0 Å². The van der Waals surface area contributed by atoms with Gasteiger partial charge >= 0.3 is 6.09 Å². The lowest BCUT2D eigenvalue weighted by atomic mass is 9.89. The Morgan fingerprint density at radius 3 is 2.30 bits per heavy atom. The molecule has 2 fully saturated rings. The van der Waals surface area contributed by atoms with E-state index in [4.69, 9.17) is 4.74 Å². The van der Waals surface area contributed by atoms with Crippen LogP contribution < -0.4 is 0 Å². The Kier molecular flexibility index (Phi) is 11.3. The highest BCUT2D eigenvalue weighted by Gasteiger charge is 2.26. The number of amides is 2. The summed E-state index contributed by atoms with van der Waals surface area (Å²) in [6.45, 7) is 9.30. The number of nitrogens with zero attached hydrogens (tertiary/aromatic N) is 2. The zero-order valence-corrected chi connectivity index (χ0v) is 25.3. The Hall–Kier alpha value is -2.56. The van der Waals surface area contributed by atoms with Gasteiger partial charge in [-0.1, -0.05) is 87.4 Å². The molecular weight excluding hydrogens is 496 g/mol. The summed E-state index contributed by atoms with van der Waals surface area (Å²) in [5, 5.41) is 2.39. The number of carbonyl (C=O) groups excluding carboxylic acids is 2. The highest BCUT2D eigenvalue weighted by molar-refractivity contribution is 5.90. The lowest BCUT2D eigenvalue weighted by Gasteiger charge is -2.32. The molecule has 0 N–H and O–H groups in total. The minimum atomic E-state index is -0.446. The monoisotopic (exact) mass is 548 g/mol. The van der Waals surface area contributed by atoms with Crippen molar-refractivity contribution in [3.8, 4) is 0 Å². The van der Waals surface area contributed by atoms with E-state index in [1.807, 2.05) is 25.7 Å². The summed E-state index contributed by atoms with van der Waals surface area (Å²) in [4.78, 5) is 30.0. The first kappa shape index (κ1) is 30.4. The highest BCUT2D eigenvalue weighted by Crippen LogP contribution is 2.27. The largest absolute Gasteiger partial charge is 0.444 e. The number of rotatable bonds is 11. The zero-order chi connectivity index (χ0) is 28.4. The second-order valence-corrected chi connectivity index (χ2v) is 13.3. The van der Waals surface area contributed by atoms with Gasteiger partial charge in [0.25, 0.3) is 0 Å². The molecule has 0 aromatic heterocycles. The lowest BCUT2D eigenvalue weighted by Crippen LogP contribution is -2.40. The molecule has 1 aliphatic carbocycles. The number of hydrogen-bond donors (Lipinski definition) is 0. The molecule has 0 radical (unpaired) electrons. The van der Waals surface area contributed by atoms with Crippen LogP contribution in [0.4, 0.5) is 4.79 Å². The molecular formula is C35H52N2O3. The molecule has 2 amide bonds. The molecule has 2 aliphatic rings. The summed E-state index contributed by atoms with van der Waals surface area (Å²) >= 11 is 0. The maximum absolute atomic E-state index is 13.0. The summed E-state index contributed by atoms with van der Waals surface area (Å²) < 4.78 is 5.74. The molecule has 4 rings (SSSR count). The average Bonchev–Trinajstić information content (AvgIpc) is 2.94. The number of likely N-dealkylation sites (tertiary alicyclic amines) is 1. The standard InChI is InChI=1S/C35H52N2O3/c1-35(2,3)40-34(39)37(27-29-15-8-6-9-16-29)23-12-5-4-7-14-28-21-24-36(25-22-28)33(38)26-31-19-13-18-30-17-10-11-20-32(30)31/h10-11,13,17-20,28-29H,4-9,12,14-16,21-27H2,1-3H3. The van der Waals surface area contributed by atoms with Crippen molar-refractivity contribution in [1.82, 2.24) is 9.80 Å². The van der Waals surface area contributed by atoms with E-state index in [0.717, 1.165) is 63.3 Å². The molecule has 1 heterocycles. The fourth-order valence-electron chi connectivity index (χ4n) is 6.55. The quantitative estimate of drug-likeness (QED) is 0.265. The maximum atomic E-state index is 13.0. The van der Waals surface area contributed by atoms with Crippen LogP contribution in [0.1, 0.15) is 103 Å². The zero-order valence-electron chi connectivity index (χ0n) is 25.3. The molecule has 1 saturated heterocycles. The lowest BCUT2D eigenvalue weighted by molar-refractivity contribution is -0.131. The van der Waals surface area contributed by atoms with E-state index in [9.17, 15) is 9.59 Å². The third-order valence-electron chi connectivity index (χ3n) is 8.83. The van der Waals surface area contributed by atoms with Crippen molar-refractivity contribution in [3.63, 3.8) is 0 Å². The molecule has 40 heavy (non-hydrogen) atoms. The molecule has 0 bridgehead atoms. The Balaban J connectivity index is 1.12. The predicted molar refractivity (Wildman–Crippen MR) is 164 cm³/mol. The molecule has 0 spiro atoms. The minimum Gasteiger partial charge on any atom is -0.444 e. The van der Waals surface area contributed by atoms with Gasteiger partial charge in [0.05, 0.1) is 6.42 Å². The molecule has 220 valence electrons. The second kappa shape index (κ2) is 14.9. The van der Waals surface area contributed by atoms with Crippen LogP contribution in [0, 0.1) is 11.8 Å². The first-order valence-corrected chi connectivity index (χ1v) is 16.0. The van der Waals surface area contributed by atoms with Crippen molar-refractivity contribution in [2.45, 2.75) is 110 Å². The molecule has 2 aromatic rings. The number of ether oxygens (including phenoxy) is 1. The van der Waals surface area contributed by atoms with Gasteiger partial charge in [-0.25, -0.2) is 4.79 Å². The van der Waals surface area contributed by atoms with Crippen molar-refractivity contribution in [2.75, 3.05) is 26.2 Å². The summed E-state index contributed by atoms with van der Waals surface area (Å²) in [6.07, 6.45) is 14.9. The van der Waals surface area contributed by atoms with Gasteiger partial charge in [-0.3, -0.25) is 4.79 Å². The van der Waals surface area contributed by atoms with Gasteiger partial charge in [0.15, 0.2) is 0 Å². The summed E-state index contributed by atoms with van der Waals surface area (Å²) in [5.74, 6) is 1.62. The van der Waals surface area contributed by atoms with E-state index in [1.54, 1.807) is 0 Å². The number of piperidine rings is 1. The molecule has 1 aliphatic heterocycles. The van der Waals surface area contributed by atoms with Crippen LogP contribution in [0.3, 0.4) is 0 Å². The fourth-order valence-corrected chi connectivity index (χ4v) is 6.55. The third-order valence-corrected chi connectivity index (χ3v) is 8.83. The van der Waals surface area contributed by atoms with Crippen LogP contribution >= 0.6 is 0 Å². The second-order valence-electron chi connectivity index (χ2n) is 13.3. The number of hydrogen-bond acceptors (Lipinski definition) is 3. The van der Waals surface area contributed by atoms with Gasteiger partial charge in [0.1, 0.15) is 5.60 Å². The molecule has 1 saturated carbocycles. The summed E-state index contributed by atoms with van der Waals surface area (Å²) in [7, 11) is 0. The van der Waals surface area contributed by atoms with Crippen molar-refractivity contribution in [3.05, 3.63) is 48.0 Å². The first-order valence-electron chi connectivity index (χ1n) is 16.0. The van der Waals surface area contributed by atoms with Crippen LogP contribution in [-0.2, 0) is 16.0 Å². The Bertz CT molecular complexity index is 1070. The molecule has 5 heteroatoms. The average molecular weight is 549 g/mol. The van der Waals surface area contributed by atoms with E-state index in [0.29, 0.717) is 12.3 Å². The molecule has 0 atom stereocenters.